The third-order valence-electron chi connectivity index (χ3n) is 0.961. The summed E-state index contributed by atoms with van der Waals surface area (Å²) < 4.78 is 22.0. The van der Waals surface area contributed by atoms with E-state index in [1.54, 1.807) is 0 Å². The Morgan fingerprint density at radius 1 is 1.78 bits per heavy atom. The Bertz CT molecular complexity index is 158. The highest BCUT2D eigenvalue weighted by atomic mass is 32.2. The molecule has 1 unspecified atom stereocenters. The van der Waals surface area contributed by atoms with Gasteiger partial charge in [-0.15, -0.1) is 4.28 Å². The highest BCUT2D eigenvalue weighted by molar-refractivity contribution is 7.74. The second-order valence-electron chi connectivity index (χ2n) is 1.54. The molecule has 0 aromatic heterocycles. The summed E-state index contributed by atoms with van der Waals surface area (Å²) in [6.07, 6.45) is 0.400. The van der Waals surface area contributed by atoms with Crippen LogP contribution >= 0.6 is 0 Å². The zero-order valence-electron chi connectivity index (χ0n) is 4.44. The topological polar surface area (TPSA) is 66.8 Å². The van der Waals surface area contributed by atoms with E-state index in [-0.39, 0.29) is 5.91 Å². The molecule has 0 bridgehead atoms. The second-order valence-corrected chi connectivity index (χ2v) is 2.12. The van der Waals surface area contributed by atoms with E-state index < -0.39 is 11.4 Å². The predicted molar refractivity (Wildman–Crippen MR) is 28.2 cm³/mol. The summed E-state index contributed by atoms with van der Waals surface area (Å²) in [4.78, 5) is 10.3. The molecular weight excluding hydrogens is 146 g/mol. The molecular formula is C3H5NO4S. The van der Waals surface area contributed by atoms with Crippen molar-refractivity contribution in [2.24, 2.45) is 0 Å². The van der Waals surface area contributed by atoms with E-state index in [4.69, 9.17) is 4.55 Å². The molecule has 1 N–H and O–H groups in total. The van der Waals surface area contributed by atoms with Gasteiger partial charge in [-0.1, -0.05) is 0 Å². The molecule has 0 spiro atoms. The van der Waals surface area contributed by atoms with Crippen molar-refractivity contribution in [3.05, 3.63) is 0 Å². The maximum absolute atomic E-state index is 10.3. The number of carbonyl (C=O) groups is 1. The van der Waals surface area contributed by atoms with Gasteiger partial charge in [0.1, 0.15) is 0 Å². The Hall–Kier alpha value is -0.460. The first-order valence-corrected chi connectivity index (χ1v) is 3.33. The van der Waals surface area contributed by atoms with Crippen LogP contribution in [0.1, 0.15) is 6.42 Å². The average molecular weight is 151 g/mol. The van der Waals surface area contributed by atoms with Crippen LogP contribution in [0.3, 0.4) is 0 Å². The van der Waals surface area contributed by atoms with Crippen molar-refractivity contribution in [3.8, 4) is 0 Å². The lowest BCUT2D eigenvalue weighted by Gasteiger charge is -2.25. The molecule has 1 fully saturated rings. The summed E-state index contributed by atoms with van der Waals surface area (Å²) in [5, 5.41) is 0.857. The number of nitrogens with zero attached hydrogens (tertiary/aromatic N) is 1. The lowest BCUT2D eigenvalue weighted by Crippen LogP contribution is -2.43. The second kappa shape index (κ2) is 2.42. The lowest BCUT2D eigenvalue weighted by atomic mass is 10.3. The minimum atomic E-state index is -2.36. The fraction of sp³-hybridized carbons (Fsp3) is 0.667. The normalized spacial score (nSPS) is 21.4. The zero-order chi connectivity index (χ0) is 6.85. The molecule has 1 aliphatic heterocycles. The standard InChI is InChI=1S/C3H5NO4S/c5-3-1-2-4(3)8-9(6)7/h1-2H2,(H,6,7). The molecule has 1 heterocycles. The summed E-state index contributed by atoms with van der Waals surface area (Å²) in [6, 6.07) is 0. The number of rotatable bonds is 2. The van der Waals surface area contributed by atoms with Crippen molar-refractivity contribution in [2.75, 3.05) is 6.54 Å². The summed E-state index contributed by atoms with van der Waals surface area (Å²) in [5.41, 5.74) is 0. The SMILES string of the molecule is O=C1CCN1OS(=O)O. The maximum atomic E-state index is 10.3. The first kappa shape index (κ1) is 6.66. The summed E-state index contributed by atoms with van der Waals surface area (Å²) in [6.45, 7) is 0.408. The zero-order valence-corrected chi connectivity index (χ0v) is 5.26. The van der Waals surface area contributed by atoms with Gasteiger partial charge in [0.15, 0.2) is 0 Å². The Balaban J connectivity index is 2.29. The molecule has 1 atom stereocenters. The van der Waals surface area contributed by atoms with Gasteiger partial charge in [0.2, 0.25) is 5.91 Å². The smallest absolute Gasteiger partial charge is 0.282 e. The molecule has 0 aromatic carbocycles. The molecule has 0 radical (unpaired) electrons. The van der Waals surface area contributed by atoms with Crippen LogP contribution in [-0.2, 0) is 20.4 Å². The number of hydrogen-bond acceptors (Lipinski definition) is 3. The van der Waals surface area contributed by atoms with Crippen LogP contribution < -0.4 is 0 Å². The fourth-order valence-electron chi connectivity index (χ4n) is 0.450. The highest BCUT2D eigenvalue weighted by Gasteiger charge is 2.26. The molecule has 1 saturated heterocycles. The van der Waals surface area contributed by atoms with E-state index in [0.717, 1.165) is 5.06 Å². The van der Waals surface area contributed by atoms with Gasteiger partial charge in [0, 0.05) is 6.42 Å². The maximum Gasteiger partial charge on any atom is 0.325 e. The third kappa shape index (κ3) is 1.47. The van der Waals surface area contributed by atoms with Crippen LogP contribution in [0.4, 0.5) is 0 Å². The van der Waals surface area contributed by atoms with Crippen LogP contribution in [0, 0.1) is 0 Å². The van der Waals surface area contributed by atoms with Gasteiger partial charge in [0.05, 0.1) is 6.54 Å². The number of hydroxylamine groups is 2. The predicted octanol–water partition coefficient (Wildman–Crippen LogP) is -0.713. The van der Waals surface area contributed by atoms with Crippen LogP contribution in [0.5, 0.6) is 0 Å². The van der Waals surface area contributed by atoms with E-state index in [0.29, 0.717) is 13.0 Å². The van der Waals surface area contributed by atoms with Crippen molar-refractivity contribution < 1.29 is 17.8 Å². The molecule has 9 heavy (non-hydrogen) atoms. The van der Waals surface area contributed by atoms with Gasteiger partial charge in [-0.05, 0) is 0 Å². The summed E-state index contributed by atoms with van der Waals surface area (Å²) in [5.74, 6) is -0.252. The van der Waals surface area contributed by atoms with Crippen molar-refractivity contribution in [3.63, 3.8) is 0 Å². The number of hydrogen-bond donors (Lipinski definition) is 1. The number of carbonyl (C=O) groups excluding carboxylic acids is 1. The lowest BCUT2D eigenvalue weighted by molar-refractivity contribution is -0.173. The molecule has 0 saturated carbocycles. The molecule has 0 aliphatic carbocycles. The van der Waals surface area contributed by atoms with Gasteiger partial charge in [-0.3, -0.25) is 9.35 Å². The number of β-lactam (4-membered cyclic amide) rings is 1. The van der Waals surface area contributed by atoms with Crippen LogP contribution in [0.25, 0.3) is 0 Å². The molecule has 1 amide bonds. The summed E-state index contributed by atoms with van der Waals surface area (Å²) >= 11 is -2.36. The minimum Gasteiger partial charge on any atom is -0.282 e. The van der Waals surface area contributed by atoms with Crippen LogP contribution in [0.15, 0.2) is 0 Å². The quantitative estimate of drug-likeness (QED) is 0.418. The number of amides is 1. The van der Waals surface area contributed by atoms with E-state index in [1.807, 2.05) is 0 Å². The molecule has 0 aromatic rings. The summed E-state index contributed by atoms with van der Waals surface area (Å²) in [7, 11) is 0. The largest absolute Gasteiger partial charge is 0.325 e. The monoisotopic (exact) mass is 151 g/mol. The van der Waals surface area contributed by atoms with E-state index in [1.165, 1.54) is 0 Å². The van der Waals surface area contributed by atoms with E-state index in [2.05, 4.69) is 4.28 Å². The van der Waals surface area contributed by atoms with Crippen molar-refractivity contribution in [1.29, 1.82) is 0 Å². The van der Waals surface area contributed by atoms with Gasteiger partial charge in [0.25, 0.3) is 0 Å². The van der Waals surface area contributed by atoms with Crippen LogP contribution in [0.2, 0.25) is 0 Å². The van der Waals surface area contributed by atoms with Crippen molar-refractivity contribution in [2.45, 2.75) is 6.42 Å². The molecule has 1 rings (SSSR count). The molecule has 52 valence electrons. The van der Waals surface area contributed by atoms with Crippen molar-refractivity contribution in [1.82, 2.24) is 5.06 Å². The molecule has 1 aliphatic rings. The van der Waals surface area contributed by atoms with Gasteiger partial charge >= 0.3 is 11.4 Å². The third-order valence-corrected chi connectivity index (χ3v) is 1.27. The first-order valence-electron chi connectivity index (χ1n) is 2.30. The Morgan fingerprint density at radius 3 is 2.56 bits per heavy atom. The van der Waals surface area contributed by atoms with Gasteiger partial charge in [-0.2, -0.15) is 4.21 Å². The highest BCUT2D eigenvalue weighted by Crippen LogP contribution is 2.08. The minimum absolute atomic E-state index is 0.252. The molecule has 5 nitrogen and oxygen atoms in total. The van der Waals surface area contributed by atoms with E-state index >= 15 is 0 Å². The Kier molecular flexibility index (Phi) is 1.79. The average Bonchev–Trinajstić information content (AvgIpc) is 1.79. The van der Waals surface area contributed by atoms with Crippen LogP contribution in [-0.4, -0.2) is 26.3 Å². The first-order chi connectivity index (χ1) is 4.20. The van der Waals surface area contributed by atoms with Gasteiger partial charge in [-0.25, -0.2) is 5.06 Å². The Morgan fingerprint density at radius 2 is 2.44 bits per heavy atom. The van der Waals surface area contributed by atoms with Crippen molar-refractivity contribution >= 4 is 17.3 Å². The molecule has 6 heteroatoms. The van der Waals surface area contributed by atoms with E-state index in [9.17, 15) is 9.00 Å². The van der Waals surface area contributed by atoms with Gasteiger partial charge < -0.3 is 0 Å². The Labute approximate surface area is 54.0 Å². The fourth-order valence-corrected chi connectivity index (χ4v) is 0.762.